The number of rotatable bonds is 7. The summed E-state index contributed by atoms with van der Waals surface area (Å²) in [6.45, 7) is 3.70. The van der Waals surface area contributed by atoms with Crippen LogP contribution in [-0.4, -0.2) is 35.5 Å². The van der Waals surface area contributed by atoms with Crippen molar-refractivity contribution in [2.24, 2.45) is 0 Å². The van der Waals surface area contributed by atoms with E-state index in [0.29, 0.717) is 17.2 Å². The van der Waals surface area contributed by atoms with E-state index in [-0.39, 0.29) is 6.10 Å². The number of hydrogen-bond donors (Lipinski definition) is 2. The lowest BCUT2D eigenvalue weighted by atomic mass is 9.86. The lowest BCUT2D eigenvalue weighted by molar-refractivity contribution is 0.130. The van der Waals surface area contributed by atoms with Crippen LogP contribution in [0.5, 0.6) is 0 Å². The fourth-order valence-corrected chi connectivity index (χ4v) is 6.28. The third-order valence-electron chi connectivity index (χ3n) is 5.66. The maximum absolute atomic E-state index is 12.0. The van der Waals surface area contributed by atoms with E-state index in [0.717, 1.165) is 5.69 Å². The molecule has 1 amide bonds. The lowest BCUT2D eigenvalue weighted by Gasteiger charge is -2.26. The normalized spacial score (nSPS) is 21.6. The van der Waals surface area contributed by atoms with Gasteiger partial charge in [0.15, 0.2) is 0 Å². The molecule has 1 heterocycles. The molecule has 2 aliphatic carbocycles. The van der Waals surface area contributed by atoms with Crippen molar-refractivity contribution in [3.63, 3.8) is 0 Å². The summed E-state index contributed by atoms with van der Waals surface area (Å²) < 4.78 is 5.22. The van der Waals surface area contributed by atoms with E-state index < -0.39 is 6.09 Å². The summed E-state index contributed by atoms with van der Waals surface area (Å²) in [5, 5.41) is 8.22. The minimum Gasteiger partial charge on any atom is -0.447 e. The minimum atomic E-state index is -0.405. The van der Waals surface area contributed by atoms with Gasteiger partial charge < -0.3 is 10.1 Å². The van der Waals surface area contributed by atoms with Crippen LogP contribution in [-0.2, 0) is 4.74 Å². The molecule has 2 saturated carbocycles. The summed E-state index contributed by atoms with van der Waals surface area (Å²) in [6.07, 6.45) is 8.90. The van der Waals surface area contributed by atoms with E-state index in [9.17, 15) is 4.79 Å². The van der Waals surface area contributed by atoms with Crippen LogP contribution in [0.2, 0.25) is 0 Å². The van der Waals surface area contributed by atoms with Gasteiger partial charge in [0.2, 0.25) is 0 Å². The number of amides is 1. The Morgan fingerprint density at radius 2 is 1.97 bits per heavy atom. The monoisotopic (exact) mass is 445 g/mol. The van der Waals surface area contributed by atoms with E-state index in [1.807, 2.05) is 49.2 Å². The number of thioether (sulfide) groups is 1. The molecule has 1 aromatic carbocycles. The van der Waals surface area contributed by atoms with Gasteiger partial charge in [0, 0.05) is 39.6 Å². The molecule has 2 N–H and O–H groups in total. The zero-order valence-corrected chi connectivity index (χ0v) is 19.6. The third-order valence-corrected chi connectivity index (χ3v) is 8.25. The van der Waals surface area contributed by atoms with Gasteiger partial charge >= 0.3 is 6.09 Å². The quantitative estimate of drug-likeness (QED) is 0.526. The first-order valence-electron chi connectivity index (χ1n) is 10.9. The molecule has 4 rings (SSSR count). The van der Waals surface area contributed by atoms with Crippen LogP contribution in [0.15, 0.2) is 29.3 Å². The van der Waals surface area contributed by atoms with Crippen LogP contribution < -0.4 is 10.6 Å². The number of carbonyl (C=O) groups is 1. The Bertz CT molecular complexity index is 871. The Hall–Kier alpha value is -1.57. The Labute approximate surface area is 187 Å². The summed E-state index contributed by atoms with van der Waals surface area (Å²) in [5.41, 5.74) is 2.00. The Morgan fingerprint density at radius 3 is 2.63 bits per heavy atom. The Kier molecular flexibility index (Phi) is 7.01. The van der Waals surface area contributed by atoms with E-state index in [2.05, 4.69) is 29.8 Å². The second kappa shape index (κ2) is 9.71. The number of benzene rings is 1. The molecule has 30 heavy (non-hydrogen) atoms. The summed E-state index contributed by atoms with van der Waals surface area (Å²) >= 11 is 3.75. The van der Waals surface area contributed by atoms with Crippen LogP contribution in [0.25, 0.3) is 10.4 Å². The molecule has 162 valence electrons. The minimum absolute atomic E-state index is 0.136. The van der Waals surface area contributed by atoms with Crippen molar-refractivity contribution in [3.8, 4) is 10.4 Å². The number of anilines is 1. The van der Waals surface area contributed by atoms with Gasteiger partial charge in [-0.2, -0.15) is 0 Å². The number of nitrogens with one attached hydrogen (secondary N) is 2. The average molecular weight is 446 g/mol. The van der Waals surface area contributed by atoms with E-state index in [1.165, 1.54) is 58.9 Å². The summed E-state index contributed by atoms with van der Waals surface area (Å²) in [7, 11) is 2.06. The number of thiazole rings is 1. The number of nitrogens with zero attached hydrogens (tertiary/aromatic N) is 1. The highest BCUT2D eigenvalue weighted by molar-refractivity contribution is 8.00. The van der Waals surface area contributed by atoms with Crippen molar-refractivity contribution in [2.45, 2.75) is 80.6 Å². The summed E-state index contributed by atoms with van der Waals surface area (Å²) in [4.78, 5) is 19.2. The summed E-state index contributed by atoms with van der Waals surface area (Å²) in [5.74, 6) is 0.583. The van der Waals surface area contributed by atoms with Gasteiger partial charge in [0.25, 0.3) is 0 Å². The van der Waals surface area contributed by atoms with Crippen LogP contribution in [0.3, 0.4) is 0 Å². The standard InChI is InChI=1S/C23H31N3O2S2/c1-14(2)28-23(27)26-17-8-11-19(20(12-17)29-18-9-10-18)21-13-25-22(30-21)15-4-6-16(24-3)7-5-15/h8,11-16,18,24H,4-7,9-10H2,1-3H3,(H,26,27). The van der Waals surface area contributed by atoms with Crippen molar-refractivity contribution >= 4 is 34.9 Å². The molecule has 0 aliphatic heterocycles. The highest BCUT2D eigenvalue weighted by Crippen LogP contribution is 2.46. The van der Waals surface area contributed by atoms with Gasteiger partial charge in [-0.25, -0.2) is 9.78 Å². The second-order valence-electron chi connectivity index (χ2n) is 8.51. The molecule has 0 atom stereocenters. The zero-order chi connectivity index (χ0) is 21.1. The highest BCUT2D eigenvalue weighted by Gasteiger charge is 2.26. The van der Waals surface area contributed by atoms with E-state index in [4.69, 9.17) is 9.72 Å². The number of hydrogen-bond acceptors (Lipinski definition) is 6. The molecule has 2 aromatic rings. The van der Waals surface area contributed by atoms with Gasteiger partial charge in [0.05, 0.1) is 16.0 Å². The maximum Gasteiger partial charge on any atom is 0.411 e. The fourth-order valence-electron chi connectivity index (χ4n) is 3.86. The highest BCUT2D eigenvalue weighted by atomic mass is 32.2. The number of aromatic nitrogens is 1. The van der Waals surface area contributed by atoms with Crippen molar-refractivity contribution in [3.05, 3.63) is 29.4 Å². The first-order valence-corrected chi connectivity index (χ1v) is 12.6. The van der Waals surface area contributed by atoms with Gasteiger partial charge in [-0.05, 0) is 71.6 Å². The molecule has 0 spiro atoms. The maximum atomic E-state index is 12.0. The molecule has 0 bridgehead atoms. The van der Waals surface area contributed by atoms with E-state index in [1.54, 1.807) is 0 Å². The second-order valence-corrected chi connectivity index (χ2v) is 10.9. The van der Waals surface area contributed by atoms with Gasteiger partial charge in [-0.1, -0.05) is 6.07 Å². The predicted octanol–water partition coefficient (Wildman–Crippen LogP) is 6.27. The smallest absolute Gasteiger partial charge is 0.411 e. The topological polar surface area (TPSA) is 63.2 Å². The number of ether oxygens (including phenoxy) is 1. The van der Waals surface area contributed by atoms with Crippen LogP contribution in [0.1, 0.15) is 63.3 Å². The average Bonchev–Trinajstić information content (AvgIpc) is 3.40. The van der Waals surface area contributed by atoms with Crippen molar-refractivity contribution < 1.29 is 9.53 Å². The predicted molar refractivity (Wildman–Crippen MR) is 126 cm³/mol. The molecule has 0 saturated heterocycles. The first kappa shape index (κ1) is 21.7. The zero-order valence-electron chi connectivity index (χ0n) is 17.9. The largest absolute Gasteiger partial charge is 0.447 e. The van der Waals surface area contributed by atoms with Crippen molar-refractivity contribution in [1.29, 1.82) is 0 Å². The van der Waals surface area contributed by atoms with Crippen LogP contribution >= 0.6 is 23.1 Å². The molecule has 2 fully saturated rings. The van der Waals surface area contributed by atoms with Gasteiger partial charge in [-0.15, -0.1) is 23.1 Å². The Morgan fingerprint density at radius 1 is 1.20 bits per heavy atom. The van der Waals surface area contributed by atoms with Crippen LogP contribution in [0, 0.1) is 0 Å². The van der Waals surface area contributed by atoms with Crippen molar-refractivity contribution in [2.75, 3.05) is 12.4 Å². The van der Waals surface area contributed by atoms with E-state index >= 15 is 0 Å². The molecule has 7 heteroatoms. The van der Waals surface area contributed by atoms with Gasteiger partial charge in [0.1, 0.15) is 0 Å². The molecule has 5 nitrogen and oxygen atoms in total. The van der Waals surface area contributed by atoms with Crippen molar-refractivity contribution in [1.82, 2.24) is 10.3 Å². The molecule has 0 radical (unpaired) electrons. The third kappa shape index (κ3) is 5.56. The summed E-state index contributed by atoms with van der Waals surface area (Å²) in [6, 6.07) is 6.82. The Balaban J connectivity index is 1.51. The molecule has 2 aliphatic rings. The SMILES string of the molecule is CNC1CCC(c2ncc(-c3ccc(NC(=O)OC(C)C)cc3SC3CC3)s2)CC1. The molecule has 1 aromatic heterocycles. The molecular formula is C23H31N3O2S2. The van der Waals surface area contributed by atoms with Gasteiger partial charge in [-0.3, -0.25) is 5.32 Å². The number of carbonyl (C=O) groups excluding carboxylic acids is 1. The molecule has 0 unspecified atom stereocenters. The fraction of sp³-hybridized carbons (Fsp3) is 0.565. The lowest BCUT2D eigenvalue weighted by Crippen LogP contribution is -2.29. The first-order chi connectivity index (χ1) is 14.5. The molecular weight excluding hydrogens is 414 g/mol. The van der Waals surface area contributed by atoms with Crippen LogP contribution in [0.4, 0.5) is 10.5 Å².